The first-order chi connectivity index (χ1) is 9.02. The molecule has 19 heavy (non-hydrogen) atoms. The van der Waals surface area contributed by atoms with Gasteiger partial charge in [-0.1, -0.05) is 30.7 Å². The molecule has 0 aliphatic rings. The quantitative estimate of drug-likeness (QED) is 0.583. The van der Waals surface area contributed by atoms with Gasteiger partial charge in [-0.05, 0) is 18.6 Å². The highest BCUT2D eigenvalue weighted by molar-refractivity contribution is 6.31. The zero-order chi connectivity index (χ0) is 14.3. The van der Waals surface area contributed by atoms with E-state index in [-0.39, 0.29) is 11.2 Å². The smallest absolute Gasteiger partial charge is 0.127 e. The van der Waals surface area contributed by atoms with Crippen LogP contribution in [0.4, 0.5) is 4.39 Å². The largest absolute Gasteiger partial charge is 0.383 e. The predicted octanol–water partition coefficient (Wildman–Crippen LogP) is 3.45. The van der Waals surface area contributed by atoms with E-state index in [1.165, 1.54) is 6.07 Å². The van der Waals surface area contributed by atoms with Gasteiger partial charge in [0.15, 0.2) is 0 Å². The lowest BCUT2D eigenvalue weighted by Gasteiger charge is -2.27. The van der Waals surface area contributed by atoms with Crippen molar-refractivity contribution >= 4 is 11.6 Å². The Bertz CT molecular complexity index is 404. The first-order valence-corrected chi connectivity index (χ1v) is 6.66. The molecule has 2 nitrogen and oxygen atoms in total. The summed E-state index contributed by atoms with van der Waals surface area (Å²) in [6.07, 6.45) is 2.36. The number of nitrogens with one attached hydrogen (secondary N) is 1. The summed E-state index contributed by atoms with van der Waals surface area (Å²) < 4.78 is 18.8. The maximum atomic E-state index is 13.8. The summed E-state index contributed by atoms with van der Waals surface area (Å²) in [4.78, 5) is 0. The van der Waals surface area contributed by atoms with Crippen LogP contribution in [0.25, 0.3) is 0 Å². The molecule has 0 aromatic heterocycles. The molecule has 0 aliphatic carbocycles. The van der Waals surface area contributed by atoms with E-state index >= 15 is 0 Å². The fourth-order valence-corrected chi connectivity index (χ4v) is 2.09. The van der Waals surface area contributed by atoms with Crippen LogP contribution in [0.5, 0.6) is 0 Å². The number of benzene rings is 1. The molecule has 0 spiro atoms. The van der Waals surface area contributed by atoms with Crippen molar-refractivity contribution < 1.29 is 9.13 Å². The molecule has 4 heteroatoms. The Balaban J connectivity index is 2.72. The molecule has 0 bridgehead atoms. The standard InChI is InChI=1S/C15H21ClFNO/c1-4-15(2,11-18-8-9-19-3)10-12-13(16)6-5-7-14(12)17/h4-7,18H,1,8-11H2,2-3H3. The Kier molecular flexibility index (Phi) is 6.49. The van der Waals surface area contributed by atoms with Gasteiger partial charge in [0.05, 0.1) is 6.61 Å². The first kappa shape index (κ1) is 16.2. The summed E-state index contributed by atoms with van der Waals surface area (Å²) in [6, 6.07) is 4.76. The zero-order valence-corrected chi connectivity index (χ0v) is 12.3. The van der Waals surface area contributed by atoms with Crippen LogP contribution in [-0.2, 0) is 11.2 Å². The van der Waals surface area contributed by atoms with Gasteiger partial charge in [-0.3, -0.25) is 0 Å². The lowest BCUT2D eigenvalue weighted by Crippen LogP contribution is -2.34. The van der Waals surface area contributed by atoms with Crippen molar-refractivity contribution in [1.82, 2.24) is 5.32 Å². The highest BCUT2D eigenvalue weighted by Gasteiger charge is 2.23. The lowest BCUT2D eigenvalue weighted by atomic mass is 9.83. The van der Waals surface area contributed by atoms with Crippen molar-refractivity contribution in [1.29, 1.82) is 0 Å². The molecule has 0 saturated heterocycles. The van der Waals surface area contributed by atoms with Gasteiger partial charge in [-0.2, -0.15) is 0 Å². The van der Waals surface area contributed by atoms with Crippen LogP contribution in [0.2, 0.25) is 5.02 Å². The van der Waals surface area contributed by atoms with Crippen molar-refractivity contribution in [3.63, 3.8) is 0 Å². The van der Waals surface area contributed by atoms with Crippen molar-refractivity contribution in [3.8, 4) is 0 Å². The van der Waals surface area contributed by atoms with Crippen molar-refractivity contribution in [2.24, 2.45) is 5.41 Å². The SMILES string of the molecule is C=CC(C)(CNCCOC)Cc1c(F)cccc1Cl. The first-order valence-electron chi connectivity index (χ1n) is 6.28. The molecule has 0 radical (unpaired) electrons. The third-order valence-electron chi connectivity index (χ3n) is 3.15. The minimum absolute atomic E-state index is 0.250. The van der Waals surface area contributed by atoms with Crippen molar-refractivity contribution in [2.75, 3.05) is 26.8 Å². The Morgan fingerprint density at radius 2 is 2.26 bits per heavy atom. The number of hydrogen-bond acceptors (Lipinski definition) is 2. The Labute approximate surface area is 119 Å². The molecule has 0 saturated carbocycles. The van der Waals surface area contributed by atoms with E-state index in [0.717, 1.165) is 6.54 Å². The molecule has 1 aromatic carbocycles. The Hall–Kier alpha value is -0.900. The van der Waals surface area contributed by atoms with Crippen molar-refractivity contribution in [2.45, 2.75) is 13.3 Å². The number of ether oxygens (including phenoxy) is 1. The number of rotatable bonds is 8. The van der Waals surface area contributed by atoms with Crippen LogP contribution < -0.4 is 5.32 Å². The monoisotopic (exact) mass is 285 g/mol. The fourth-order valence-electron chi connectivity index (χ4n) is 1.86. The van der Waals surface area contributed by atoms with E-state index < -0.39 is 0 Å². The van der Waals surface area contributed by atoms with Gasteiger partial charge in [0.2, 0.25) is 0 Å². The van der Waals surface area contributed by atoms with Gasteiger partial charge in [-0.25, -0.2) is 4.39 Å². The zero-order valence-electron chi connectivity index (χ0n) is 11.5. The summed E-state index contributed by atoms with van der Waals surface area (Å²) in [5.74, 6) is -0.266. The van der Waals surface area contributed by atoms with Crippen LogP contribution in [0.15, 0.2) is 30.9 Å². The summed E-state index contributed by atoms with van der Waals surface area (Å²) in [5.41, 5.74) is 0.291. The second kappa shape index (κ2) is 7.63. The van der Waals surface area contributed by atoms with E-state index in [2.05, 4.69) is 11.9 Å². The topological polar surface area (TPSA) is 21.3 Å². The predicted molar refractivity (Wildman–Crippen MR) is 78.2 cm³/mol. The highest BCUT2D eigenvalue weighted by Crippen LogP contribution is 2.29. The molecule has 106 valence electrons. The lowest BCUT2D eigenvalue weighted by molar-refractivity contribution is 0.195. The van der Waals surface area contributed by atoms with Gasteiger partial charge in [-0.15, -0.1) is 6.58 Å². The molecule has 1 rings (SSSR count). The van der Waals surface area contributed by atoms with Gasteiger partial charge in [0.1, 0.15) is 5.82 Å². The maximum absolute atomic E-state index is 13.8. The highest BCUT2D eigenvalue weighted by atomic mass is 35.5. The van der Waals surface area contributed by atoms with E-state index in [4.69, 9.17) is 16.3 Å². The molecule has 1 aromatic rings. The Morgan fingerprint density at radius 3 is 2.84 bits per heavy atom. The molecular formula is C15H21ClFNO. The number of halogens is 2. The minimum atomic E-state index is -0.266. The summed E-state index contributed by atoms with van der Waals surface area (Å²) >= 11 is 6.06. The van der Waals surface area contributed by atoms with Gasteiger partial charge >= 0.3 is 0 Å². The minimum Gasteiger partial charge on any atom is -0.383 e. The van der Waals surface area contributed by atoms with E-state index in [0.29, 0.717) is 30.2 Å². The van der Waals surface area contributed by atoms with Crippen LogP contribution in [0.3, 0.4) is 0 Å². The second-order valence-corrected chi connectivity index (χ2v) is 5.31. The molecule has 1 atom stereocenters. The van der Waals surface area contributed by atoms with Crippen LogP contribution in [0, 0.1) is 11.2 Å². The molecule has 1 unspecified atom stereocenters. The number of methoxy groups -OCH3 is 1. The average Bonchev–Trinajstić information content (AvgIpc) is 2.39. The summed E-state index contributed by atoms with van der Waals surface area (Å²) in [7, 11) is 1.66. The molecule has 0 fully saturated rings. The second-order valence-electron chi connectivity index (χ2n) is 4.90. The Morgan fingerprint density at radius 1 is 1.53 bits per heavy atom. The van der Waals surface area contributed by atoms with Gasteiger partial charge in [0, 0.05) is 36.2 Å². The van der Waals surface area contributed by atoms with Crippen molar-refractivity contribution in [3.05, 3.63) is 47.3 Å². The van der Waals surface area contributed by atoms with E-state index in [1.807, 2.05) is 13.0 Å². The summed E-state index contributed by atoms with van der Waals surface area (Å²) in [5, 5.41) is 3.74. The maximum Gasteiger partial charge on any atom is 0.127 e. The third kappa shape index (κ3) is 4.94. The van der Waals surface area contributed by atoms with Gasteiger partial charge in [0.25, 0.3) is 0 Å². The molecular weight excluding hydrogens is 265 g/mol. The molecule has 1 N–H and O–H groups in total. The molecule has 0 heterocycles. The number of hydrogen-bond donors (Lipinski definition) is 1. The summed E-state index contributed by atoms with van der Waals surface area (Å²) in [6.45, 7) is 7.98. The van der Waals surface area contributed by atoms with E-state index in [9.17, 15) is 4.39 Å². The van der Waals surface area contributed by atoms with Crippen LogP contribution in [0.1, 0.15) is 12.5 Å². The average molecular weight is 286 g/mol. The normalized spacial score (nSPS) is 14.1. The third-order valence-corrected chi connectivity index (χ3v) is 3.50. The molecule has 0 amide bonds. The molecule has 0 aliphatic heterocycles. The van der Waals surface area contributed by atoms with Crippen LogP contribution in [-0.4, -0.2) is 26.8 Å². The van der Waals surface area contributed by atoms with E-state index in [1.54, 1.807) is 19.2 Å². The fraction of sp³-hybridized carbons (Fsp3) is 0.467. The van der Waals surface area contributed by atoms with Crippen LogP contribution >= 0.6 is 11.6 Å². The van der Waals surface area contributed by atoms with Gasteiger partial charge < -0.3 is 10.1 Å².